The topological polar surface area (TPSA) is 58.6 Å². The van der Waals surface area contributed by atoms with Crippen LogP contribution >= 0.6 is 7.29 Å². The smallest absolute Gasteiger partial charge is 0.327 e. The molecule has 1 aromatic carbocycles. The molecular weight excluding hydrogens is 263 g/mol. The maximum absolute atomic E-state index is 13.0. The molecule has 0 saturated heterocycles. The van der Waals surface area contributed by atoms with Gasteiger partial charge in [0, 0.05) is 12.7 Å². The van der Waals surface area contributed by atoms with Gasteiger partial charge in [-0.2, -0.15) is 0 Å². The molecule has 1 unspecified atom stereocenters. The van der Waals surface area contributed by atoms with Crippen molar-refractivity contribution >= 4 is 24.3 Å². The highest BCUT2D eigenvalue weighted by Gasteiger charge is 2.40. The van der Waals surface area contributed by atoms with E-state index in [-0.39, 0.29) is 12.1 Å². The molecule has 0 spiro atoms. The summed E-state index contributed by atoms with van der Waals surface area (Å²) in [6.07, 6.45) is 0. The number of carbonyl (C=O) groups is 1. The van der Waals surface area contributed by atoms with Crippen molar-refractivity contribution in [2.45, 2.75) is 26.8 Å². The molecule has 2 rings (SSSR count). The van der Waals surface area contributed by atoms with Crippen molar-refractivity contribution in [1.29, 1.82) is 0 Å². The van der Waals surface area contributed by atoms with E-state index < -0.39 is 7.29 Å². The number of nitrogens with zero attached hydrogens (tertiary/aromatic N) is 1. The quantitative estimate of drug-likeness (QED) is 0.867. The lowest BCUT2D eigenvalue weighted by Crippen LogP contribution is -2.44. The Bertz CT molecular complexity index is 557. The first-order chi connectivity index (χ1) is 8.87. The molecular formula is C13H19N2O3P. The monoisotopic (exact) mass is 282 g/mol. The normalized spacial score (nSPS) is 22.2. The lowest BCUT2D eigenvalue weighted by Gasteiger charge is -2.37. The summed E-state index contributed by atoms with van der Waals surface area (Å²) in [7, 11) is -2.91. The van der Waals surface area contributed by atoms with Gasteiger partial charge >= 0.3 is 6.03 Å². The first kappa shape index (κ1) is 13.9. The SMILES string of the molecule is CCOc1ccc2c(c1)P(C)(=O)N(C(C)C)C(=O)N2. The molecule has 1 N–H and O–H groups in total. The van der Waals surface area contributed by atoms with Crippen LogP contribution in [0.25, 0.3) is 0 Å². The van der Waals surface area contributed by atoms with Gasteiger partial charge in [0.05, 0.1) is 17.6 Å². The minimum absolute atomic E-state index is 0.125. The Morgan fingerprint density at radius 2 is 2.11 bits per heavy atom. The number of anilines is 1. The van der Waals surface area contributed by atoms with Crippen molar-refractivity contribution in [3.63, 3.8) is 0 Å². The second-order valence-electron chi connectivity index (χ2n) is 4.86. The van der Waals surface area contributed by atoms with Crippen LogP contribution in [-0.2, 0) is 4.57 Å². The Hall–Kier alpha value is -1.48. The van der Waals surface area contributed by atoms with Gasteiger partial charge in [-0.3, -0.25) is 9.24 Å². The van der Waals surface area contributed by atoms with Crippen LogP contribution < -0.4 is 15.4 Å². The van der Waals surface area contributed by atoms with Crippen molar-refractivity contribution < 1.29 is 14.1 Å². The number of ether oxygens (including phenoxy) is 1. The average molecular weight is 282 g/mol. The number of amides is 2. The minimum Gasteiger partial charge on any atom is -0.494 e. The summed E-state index contributed by atoms with van der Waals surface area (Å²) in [4.78, 5) is 12.0. The molecule has 0 aromatic heterocycles. The van der Waals surface area contributed by atoms with Crippen LogP contribution in [-0.4, -0.2) is 30.0 Å². The van der Waals surface area contributed by atoms with Crippen LogP contribution in [0.3, 0.4) is 0 Å². The molecule has 1 heterocycles. The van der Waals surface area contributed by atoms with Crippen LogP contribution in [0.1, 0.15) is 20.8 Å². The number of hydrogen-bond donors (Lipinski definition) is 1. The predicted molar refractivity (Wildman–Crippen MR) is 76.8 cm³/mol. The molecule has 5 nitrogen and oxygen atoms in total. The van der Waals surface area contributed by atoms with Crippen molar-refractivity contribution in [3.8, 4) is 5.75 Å². The third-order valence-corrected chi connectivity index (χ3v) is 5.81. The Labute approximate surface area is 113 Å². The Morgan fingerprint density at radius 1 is 1.42 bits per heavy atom. The number of carbonyl (C=O) groups excluding carboxylic acids is 1. The third kappa shape index (κ3) is 2.35. The molecule has 0 radical (unpaired) electrons. The number of rotatable bonds is 3. The molecule has 19 heavy (non-hydrogen) atoms. The van der Waals surface area contributed by atoms with Crippen molar-refractivity contribution in [2.75, 3.05) is 18.6 Å². The largest absolute Gasteiger partial charge is 0.494 e. The summed E-state index contributed by atoms with van der Waals surface area (Å²) >= 11 is 0. The van der Waals surface area contributed by atoms with E-state index in [4.69, 9.17) is 4.74 Å². The summed E-state index contributed by atoms with van der Waals surface area (Å²) in [6, 6.07) is 4.84. The predicted octanol–water partition coefficient (Wildman–Crippen LogP) is 2.87. The molecule has 1 aliphatic heterocycles. The first-order valence-electron chi connectivity index (χ1n) is 6.33. The lowest BCUT2D eigenvalue weighted by atomic mass is 10.3. The Balaban J connectivity index is 2.54. The van der Waals surface area contributed by atoms with E-state index >= 15 is 0 Å². The zero-order valence-electron chi connectivity index (χ0n) is 11.6. The van der Waals surface area contributed by atoms with Crippen LogP contribution in [0.4, 0.5) is 10.5 Å². The summed E-state index contributed by atoms with van der Waals surface area (Å²) in [5, 5.41) is 3.42. The van der Waals surface area contributed by atoms with E-state index in [0.29, 0.717) is 23.3 Å². The number of fused-ring (bicyclic) bond motifs is 1. The van der Waals surface area contributed by atoms with E-state index in [1.54, 1.807) is 24.9 Å². The van der Waals surface area contributed by atoms with E-state index in [1.165, 1.54) is 4.67 Å². The van der Waals surface area contributed by atoms with Crippen LogP contribution in [0.5, 0.6) is 5.75 Å². The lowest BCUT2D eigenvalue weighted by molar-refractivity contribution is 0.229. The van der Waals surface area contributed by atoms with Gasteiger partial charge < -0.3 is 10.1 Å². The highest BCUT2D eigenvalue weighted by molar-refractivity contribution is 7.69. The fourth-order valence-corrected chi connectivity index (χ4v) is 4.81. The van der Waals surface area contributed by atoms with Gasteiger partial charge in [0.1, 0.15) is 5.75 Å². The average Bonchev–Trinajstić information content (AvgIpc) is 2.29. The molecule has 2 amide bonds. The van der Waals surface area contributed by atoms with Crippen LogP contribution in [0, 0.1) is 0 Å². The van der Waals surface area contributed by atoms with Gasteiger partial charge in [0.15, 0.2) is 0 Å². The zero-order valence-corrected chi connectivity index (χ0v) is 12.5. The van der Waals surface area contributed by atoms with Crippen molar-refractivity contribution in [1.82, 2.24) is 4.67 Å². The number of nitrogens with one attached hydrogen (secondary N) is 1. The summed E-state index contributed by atoms with van der Waals surface area (Å²) in [6.45, 7) is 7.78. The summed E-state index contributed by atoms with van der Waals surface area (Å²) in [5.41, 5.74) is 0.608. The second kappa shape index (κ2) is 4.89. The molecule has 0 saturated carbocycles. The van der Waals surface area contributed by atoms with E-state index in [2.05, 4.69) is 5.32 Å². The van der Waals surface area contributed by atoms with Gasteiger partial charge in [-0.05, 0) is 39.0 Å². The van der Waals surface area contributed by atoms with Crippen molar-refractivity contribution in [3.05, 3.63) is 18.2 Å². The Morgan fingerprint density at radius 3 is 2.68 bits per heavy atom. The summed E-state index contributed by atoms with van der Waals surface area (Å²) < 4.78 is 19.9. The molecule has 1 atom stereocenters. The van der Waals surface area contributed by atoms with Gasteiger partial charge in [0.25, 0.3) is 0 Å². The van der Waals surface area contributed by atoms with Gasteiger partial charge in [0.2, 0.25) is 7.29 Å². The number of benzene rings is 1. The maximum atomic E-state index is 13.0. The van der Waals surface area contributed by atoms with Gasteiger partial charge in [-0.15, -0.1) is 0 Å². The molecule has 0 fully saturated rings. The highest BCUT2D eigenvalue weighted by atomic mass is 31.2. The zero-order chi connectivity index (χ0) is 14.2. The molecule has 0 bridgehead atoms. The van der Waals surface area contributed by atoms with Crippen LogP contribution in [0.2, 0.25) is 0 Å². The molecule has 104 valence electrons. The molecule has 1 aromatic rings. The van der Waals surface area contributed by atoms with Crippen molar-refractivity contribution in [2.24, 2.45) is 0 Å². The Kier molecular flexibility index (Phi) is 3.59. The number of urea groups is 1. The highest BCUT2D eigenvalue weighted by Crippen LogP contribution is 2.51. The fraction of sp³-hybridized carbons (Fsp3) is 0.462. The van der Waals surface area contributed by atoms with E-state index in [0.717, 1.165) is 0 Å². The molecule has 6 heteroatoms. The van der Waals surface area contributed by atoms with E-state index in [9.17, 15) is 9.36 Å². The standard InChI is InChI=1S/C13H19N2O3P/c1-5-18-10-6-7-11-12(8-10)19(4,17)15(9(2)3)13(16)14-11/h6-9H,5H2,1-4H3,(H,14,16). The molecule has 1 aliphatic rings. The second-order valence-corrected chi connectivity index (χ2v) is 7.53. The van der Waals surface area contributed by atoms with E-state index in [1.807, 2.05) is 20.8 Å². The van der Waals surface area contributed by atoms with Gasteiger partial charge in [-0.25, -0.2) is 4.79 Å². The third-order valence-electron chi connectivity index (χ3n) is 3.08. The first-order valence-corrected chi connectivity index (χ1v) is 8.44. The van der Waals surface area contributed by atoms with Crippen LogP contribution in [0.15, 0.2) is 18.2 Å². The molecule has 0 aliphatic carbocycles. The number of hydrogen-bond acceptors (Lipinski definition) is 3. The maximum Gasteiger partial charge on any atom is 0.327 e. The summed E-state index contributed by atoms with van der Waals surface area (Å²) in [5.74, 6) is 0.670. The fourth-order valence-electron chi connectivity index (χ4n) is 2.35. The minimum atomic E-state index is -2.91. The van der Waals surface area contributed by atoms with Gasteiger partial charge in [-0.1, -0.05) is 0 Å².